The van der Waals surface area contributed by atoms with Crippen molar-refractivity contribution in [3.63, 3.8) is 0 Å². The largest absolute Gasteiger partial charge is 0.322 e. The Morgan fingerprint density at radius 3 is 2.35 bits per heavy atom. The second kappa shape index (κ2) is 7.88. The summed E-state index contributed by atoms with van der Waals surface area (Å²) in [7, 11) is 0. The monoisotopic (exact) mass is 404 g/mol. The van der Waals surface area contributed by atoms with E-state index in [-0.39, 0.29) is 5.91 Å². The third kappa shape index (κ3) is 3.57. The van der Waals surface area contributed by atoms with Gasteiger partial charge in [0.15, 0.2) is 0 Å². The van der Waals surface area contributed by atoms with Gasteiger partial charge in [0.1, 0.15) is 0 Å². The number of amides is 1. The average Bonchev–Trinajstić information content (AvgIpc) is 3.16. The minimum atomic E-state index is -0.176. The molecule has 150 valence electrons. The molecule has 5 nitrogen and oxygen atoms in total. The van der Waals surface area contributed by atoms with Gasteiger partial charge in [-0.15, -0.1) is 0 Å². The number of anilines is 1. The number of hydrogen-bond acceptors (Lipinski definition) is 3. The molecule has 1 N–H and O–H groups in total. The maximum absolute atomic E-state index is 12.4. The molecule has 3 heterocycles. The molecule has 5 rings (SSSR count). The molecular weight excluding hydrogens is 384 g/mol. The number of nitrogens with zero attached hydrogens (tertiary/aromatic N) is 3. The van der Waals surface area contributed by atoms with E-state index < -0.39 is 0 Å². The predicted molar refractivity (Wildman–Crippen MR) is 123 cm³/mol. The van der Waals surface area contributed by atoms with Crippen LogP contribution < -0.4 is 5.32 Å². The first-order valence-electron chi connectivity index (χ1n) is 10.0. The van der Waals surface area contributed by atoms with Crippen molar-refractivity contribution in [1.82, 2.24) is 14.5 Å². The average molecular weight is 404 g/mol. The Balaban J connectivity index is 1.49. The van der Waals surface area contributed by atoms with Gasteiger partial charge in [-0.25, -0.2) is 0 Å². The molecule has 0 atom stereocenters. The minimum Gasteiger partial charge on any atom is -0.322 e. The number of nitrogens with one attached hydrogen (secondary N) is 1. The van der Waals surface area contributed by atoms with Crippen molar-refractivity contribution in [2.45, 2.75) is 6.92 Å². The zero-order valence-corrected chi connectivity index (χ0v) is 17.0. The van der Waals surface area contributed by atoms with E-state index in [1.807, 2.05) is 36.5 Å². The second-order valence-corrected chi connectivity index (χ2v) is 7.34. The standard InChI is InChI=1S/C26H20N4O/c1-18-15-24-23(19-5-3-13-27-16-19)7-2-8-25(24)30(18)22-11-9-21(10-12-22)29-26(31)20-6-4-14-28-17-20/h2-17H,1H3,(H,29,31). The Morgan fingerprint density at radius 1 is 0.871 bits per heavy atom. The fraction of sp³-hybridized carbons (Fsp3) is 0.0385. The van der Waals surface area contributed by atoms with Gasteiger partial charge in [0.25, 0.3) is 5.91 Å². The van der Waals surface area contributed by atoms with Crippen molar-refractivity contribution >= 4 is 22.5 Å². The number of aromatic nitrogens is 3. The van der Waals surface area contributed by atoms with Gasteiger partial charge in [-0.1, -0.05) is 18.2 Å². The van der Waals surface area contributed by atoms with Crippen LogP contribution in [0.3, 0.4) is 0 Å². The second-order valence-electron chi connectivity index (χ2n) is 7.34. The van der Waals surface area contributed by atoms with E-state index in [4.69, 9.17) is 0 Å². The summed E-state index contributed by atoms with van der Waals surface area (Å²) in [6.07, 6.45) is 6.88. The summed E-state index contributed by atoms with van der Waals surface area (Å²) in [5.74, 6) is -0.176. The van der Waals surface area contributed by atoms with Crippen LogP contribution in [0.2, 0.25) is 0 Å². The van der Waals surface area contributed by atoms with Crippen LogP contribution in [0, 0.1) is 6.92 Å². The van der Waals surface area contributed by atoms with E-state index in [1.54, 1.807) is 30.7 Å². The van der Waals surface area contributed by atoms with Crippen molar-refractivity contribution in [3.05, 3.63) is 109 Å². The topological polar surface area (TPSA) is 59.8 Å². The number of fused-ring (bicyclic) bond motifs is 1. The highest BCUT2D eigenvalue weighted by Crippen LogP contribution is 2.32. The smallest absolute Gasteiger partial charge is 0.257 e. The number of aryl methyl sites for hydroxylation is 1. The zero-order valence-electron chi connectivity index (χ0n) is 17.0. The maximum atomic E-state index is 12.4. The third-order valence-corrected chi connectivity index (χ3v) is 5.31. The highest BCUT2D eigenvalue weighted by atomic mass is 16.1. The molecule has 5 aromatic rings. The third-order valence-electron chi connectivity index (χ3n) is 5.31. The van der Waals surface area contributed by atoms with Crippen molar-refractivity contribution in [3.8, 4) is 16.8 Å². The lowest BCUT2D eigenvalue weighted by atomic mass is 10.0. The molecule has 0 radical (unpaired) electrons. The van der Waals surface area contributed by atoms with Crippen LogP contribution in [-0.2, 0) is 0 Å². The lowest BCUT2D eigenvalue weighted by molar-refractivity contribution is 0.102. The molecule has 0 aliphatic heterocycles. The summed E-state index contributed by atoms with van der Waals surface area (Å²) in [5, 5.41) is 4.10. The summed E-state index contributed by atoms with van der Waals surface area (Å²) in [5.41, 5.74) is 6.83. The quantitative estimate of drug-likeness (QED) is 0.421. The minimum absolute atomic E-state index is 0.176. The lowest BCUT2D eigenvalue weighted by Crippen LogP contribution is -2.12. The fourth-order valence-corrected chi connectivity index (χ4v) is 3.87. The molecule has 0 saturated carbocycles. The van der Waals surface area contributed by atoms with Crippen LogP contribution in [-0.4, -0.2) is 20.4 Å². The van der Waals surface area contributed by atoms with Gasteiger partial charge in [-0.2, -0.15) is 0 Å². The van der Waals surface area contributed by atoms with Crippen LogP contribution in [0.1, 0.15) is 16.1 Å². The van der Waals surface area contributed by atoms with Gasteiger partial charge in [-0.05, 0) is 67.1 Å². The Hall–Kier alpha value is -4.25. The molecule has 0 fully saturated rings. The summed E-state index contributed by atoms with van der Waals surface area (Å²) in [6, 6.07) is 23.9. The molecule has 0 spiro atoms. The normalized spacial score (nSPS) is 10.9. The van der Waals surface area contributed by atoms with E-state index in [0.717, 1.165) is 33.7 Å². The van der Waals surface area contributed by atoms with Crippen molar-refractivity contribution in [2.75, 3.05) is 5.32 Å². The van der Waals surface area contributed by atoms with Gasteiger partial charge in [0, 0.05) is 52.8 Å². The SMILES string of the molecule is Cc1cc2c(-c3cccnc3)cccc2n1-c1ccc(NC(=O)c2cccnc2)cc1. The number of benzene rings is 2. The summed E-state index contributed by atoms with van der Waals surface area (Å²) in [4.78, 5) is 20.6. The Labute approximate surface area is 180 Å². The molecule has 0 saturated heterocycles. The van der Waals surface area contributed by atoms with Crippen molar-refractivity contribution in [1.29, 1.82) is 0 Å². The molecule has 0 aliphatic rings. The van der Waals surface area contributed by atoms with Gasteiger partial charge in [0.05, 0.1) is 11.1 Å². The van der Waals surface area contributed by atoms with E-state index in [1.165, 1.54) is 5.39 Å². The predicted octanol–water partition coefficient (Wildman–Crippen LogP) is 5.65. The van der Waals surface area contributed by atoms with Crippen LogP contribution in [0.25, 0.3) is 27.7 Å². The summed E-state index contributed by atoms with van der Waals surface area (Å²) in [6.45, 7) is 2.10. The number of carbonyl (C=O) groups is 1. The first-order valence-corrected chi connectivity index (χ1v) is 10.0. The van der Waals surface area contributed by atoms with E-state index >= 15 is 0 Å². The van der Waals surface area contributed by atoms with Gasteiger partial charge in [0.2, 0.25) is 0 Å². The van der Waals surface area contributed by atoms with Crippen molar-refractivity contribution in [2.24, 2.45) is 0 Å². The molecule has 5 heteroatoms. The zero-order chi connectivity index (χ0) is 21.2. The van der Waals surface area contributed by atoms with Crippen molar-refractivity contribution < 1.29 is 4.79 Å². The fourth-order valence-electron chi connectivity index (χ4n) is 3.87. The molecular formula is C26H20N4O. The molecule has 1 amide bonds. The summed E-state index contributed by atoms with van der Waals surface area (Å²) < 4.78 is 2.22. The molecule has 31 heavy (non-hydrogen) atoms. The number of hydrogen-bond donors (Lipinski definition) is 1. The number of rotatable bonds is 4. The highest BCUT2D eigenvalue weighted by Gasteiger charge is 2.12. The van der Waals surface area contributed by atoms with E-state index in [0.29, 0.717) is 5.56 Å². The lowest BCUT2D eigenvalue weighted by Gasteiger charge is -2.11. The van der Waals surface area contributed by atoms with Gasteiger partial charge < -0.3 is 9.88 Å². The van der Waals surface area contributed by atoms with Crippen LogP contribution >= 0.6 is 0 Å². The number of carbonyl (C=O) groups excluding carboxylic acids is 1. The molecule has 0 unspecified atom stereocenters. The number of pyridine rings is 2. The highest BCUT2D eigenvalue weighted by molar-refractivity contribution is 6.04. The molecule has 0 bridgehead atoms. The van der Waals surface area contributed by atoms with Crippen LogP contribution in [0.4, 0.5) is 5.69 Å². The molecule has 0 aliphatic carbocycles. The molecule has 2 aromatic carbocycles. The first-order chi connectivity index (χ1) is 15.2. The van der Waals surface area contributed by atoms with Gasteiger partial charge in [-0.3, -0.25) is 14.8 Å². The van der Waals surface area contributed by atoms with Gasteiger partial charge >= 0.3 is 0 Å². The first kappa shape index (κ1) is 18.8. The molecule has 3 aromatic heterocycles. The van der Waals surface area contributed by atoms with E-state index in [9.17, 15) is 4.79 Å². The maximum Gasteiger partial charge on any atom is 0.257 e. The Bertz CT molecular complexity index is 1360. The Kier molecular flexibility index (Phi) is 4.77. The summed E-state index contributed by atoms with van der Waals surface area (Å²) >= 11 is 0. The van der Waals surface area contributed by atoms with E-state index in [2.05, 4.69) is 57.1 Å². The Morgan fingerprint density at radius 2 is 1.65 bits per heavy atom. The van der Waals surface area contributed by atoms with Crippen LogP contribution in [0.15, 0.2) is 97.6 Å². The van der Waals surface area contributed by atoms with Crippen LogP contribution in [0.5, 0.6) is 0 Å².